The fraction of sp³-hybridized carbons (Fsp3) is 0.211. The monoisotopic (exact) mass is 413 g/mol. The lowest BCUT2D eigenvalue weighted by molar-refractivity contribution is 0.0935. The van der Waals surface area contributed by atoms with E-state index in [0.717, 1.165) is 36.9 Å². The topological polar surface area (TPSA) is 113 Å². The molecule has 0 saturated carbocycles. The minimum atomic E-state index is -0.426. The standard InChI is InChI=1S/C19H20ClN7O2/c20-13-3-1-4-14(11-13)26-6-8-27(9-7-26)18-16(21)17(22-12-23-18)24-25-19(28)15-5-2-10-29-15/h1-5,10-12H,6-9,21H2,(H,25,28)(H,22,23,24). The minimum absolute atomic E-state index is 0.183. The van der Waals surface area contributed by atoms with Crippen molar-refractivity contribution in [1.29, 1.82) is 0 Å². The quantitative estimate of drug-likeness (QED) is 0.546. The van der Waals surface area contributed by atoms with Crippen LogP contribution in [0.4, 0.5) is 23.0 Å². The van der Waals surface area contributed by atoms with Crippen molar-refractivity contribution in [2.45, 2.75) is 0 Å². The Labute approximate surface area is 172 Å². The Kier molecular flexibility index (Phi) is 5.39. The van der Waals surface area contributed by atoms with Crippen LogP contribution >= 0.6 is 11.6 Å². The molecule has 29 heavy (non-hydrogen) atoms. The van der Waals surface area contributed by atoms with Crippen LogP contribution in [0.5, 0.6) is 0 Å². The van der Waals surface area contributed by atoms with E-state index in [2.05, 4.69) is 30.6 Å². The molecule has 4 rings (SSSR count). The summed E-state index contributed by atoms with van der Waals surface area (Å²) >= 11 is 6.10. The SMILES string of the molecule is Nc1c(NNC(=O)c2ccco2)ncnc1N1CCN(c2cccc(Cl)c2)CC1. The lowest BCUT2D eigenvalue weighted by Gasteiger charge is -2.37. The summed E-state index contributed by atoms with van der Waals surface area (Å²) in [5.41, 5.74) is 13.0. The second kappa shape index (κ2) is 8.27. The molecule has 0 bridgehead atoms. The molecular weight excluding hydrogens is 394 g/mol. The van der Waals surface area contributed by atoms with Crippen molar-refractivity contribution in [3.63, 3.8) is 0 Å². The zero-order valence-corrected chi connectivity index (χ0v) is 16.3. The van der Waals surface area contributed by atoms with Crippen molar-refractivity contribution in [2.24, 2.45) is 0 Å². The van der Waals surface area contributed by atoms with Gasteiger partial charge in [-0.3, -0.25) is 15.6 Å². The maximum Gasteiger partial charge on any atom is 0.305 e. The minimum Gasteiger partial charge on any atom is -0.459 e. The molecule has 1 aliphatic heterocycles. The summed E-state index contributed by atoms with van der Waals surface area (Å²) in [4.78, 5) is 24.8. The Morgan fingerprint density at radius 2 is 1.90 bits per heavy atom. The number of halogens is 1. The second-order valence-electron chi connectivity index (χ2n) is 6.47. The van der Waals surface area contributed by atoms with E-state index in [0.29, 0.717) is 17.3 Å². The van der Waals surface area contributed by atoms with E-state index in [1.54, 1.807) is 12.1 Å². The van der Waals surface area contributed by atoms with Gasteiger partial charge in [-0.05, 0) is 30.3 Å². The highest BCUT2D eigenvalue weighted by molar-refractivity contribution is 6.30. The number of hydrogen-bond donors (Lipinski definition) is 3. The lowest BCUT2D eigenvalue weighted by Crippen LogP contribution is -2.47. The molecule has 1 fully saturated rings. The number of carbonyl (C=O) groups excluding carboxylic acids is 1. The van der Waals surface area contributed by atoms with Crippen LogP contribution < -0.4 is 26.4 Å². The van der Waals surface area contributed by atoms with E-state index >= 15 is 0 Å². The van der Waals surface area contributed by atoms with Gasteiger partial charge in [0.2, 0.25) is 0 Å². The van der Waals surface area contributed by atoms with Gasteiger partial charge in [0, 0.05) is 36.9 Å². The van der Waals surface area contributed by atoms with Crippen molar-refractivity contribution in [1.82, 2.24) is 15.4 Å². The van der Waals surface area contributed by atoms with Gasteiger partial charge in [-0.2, -0.15) is 0 Å². The van der Waals surface area contributed by atoms with Gasteiger partial charge in [-0.25, -0.2) is 9.97 Å². The number of furan rings is 1. The van der Waals surface area contributed by atoms with E-state index in [-0.39, 0.29) is 5.76 Å². The first-order chi connectivity index (χ1) is 14.1. The smallest absolute Gasteiger partial charge is 0.305 e. The van der Waals surface area contributed by atoms with Crippen LogP contribution in [0, 0.1) is 0 Å². The molecule has 10 heteroatoms. The van der Waals surface area contributed by atoms with Gasteiger partial charge in [0.1, 0.15) is 12.0 Å². The number of nitrogens with zero attached hydrogens (tertiary/aromatic N) is 4. The first-order valence-corrected chi connectivity index (χ1v) is 9.45. The molecule has 0 unspecified atom stereocenters. The Hall–Kier alpha value is -3.46. The average Bonchev–Trinajstić information content (AvgIpc) is 3.28. The fourth-order valence-electron chi connectivity index (χ4n) is 3.17. The van der Waals surface area contributed by atoms with Gasteiger partial charge in [-0.1, -0.05) is 17.7 Å². The fourth-order valence-corrected chi connectivity index (χ4v) is 3.36. The molecule has 0 aliphatic carbocycles. The molecule has 0 radical (unpaired) electrons. The van der Waals surface area contributed by atoms with Gasteiger partial charge >= 0.3 is 5.91 Å². The molecule has 3 heterocycles. The lowest BCUT2D eigenvalue weighted by atomic mass is 10.2. The Bertz CT molecular complexity index is 988. The zero-order valence-electron chi connectivity index (χ0n) is 15.5. The van der Waals surface area contributed by atoms with E-state index in [9.17, 15) is 4.79 Å². The normalized spacial score (nSPS) is 14.0. The Morgan fingerprint density at radius 3 is 2.62 bits per heavy atom. The van der Waals surface area contributed by atoms with Gasteiger partial charge in [0.15, 0.2) is 17.4 Å². The third-order valence-corrected chi connectivity index (χ3v) is 4.89. The number of anilines is 4. The van der Waals surface area contributed by atoms with Crippen LogP contribution in [0.25, 0.3) is 0 Å². The number of hydrogen-bond acceptors (Lipinski definition) is 8. The number of hydrazine groups is 1. The number of piperazine rings is 1. The first-order valence-electron chi connectivity index (χ1n) is 9.07. The molecule has 1 saturated heterocycles. The molecule has 0 atom stereocenters. The number of carbonyl (C=O) groups is 1. The van der Waals surface area contributed by atoms with E-state index in [1.165, 1.54) is 12.6 Å². The number of nitrogens with two attached hydrogens (primary N) is 1. The molecule has 3 aromatic rings. The molecule has 2 aromatic heterocycles. The highest BCUT2D eigenvalue weighted by Gasteiger charge is 2.22. The van der Waals surface area contributed by atoms with Gasteiger partial charge in [0.05, 0.1) is 6.26 Å². The molecule has 4 N–H and O–H groups in total. The Balaban J connectivity index is 1.40. The summed E-state index contributed by atoms with van der Waals surface area (Å²) in [5, 5.41) is 0.720. The van der Waals surface area contributed by atoms with Crippen molar-refractivity contribution in [3.05, 3.63) is 59.8 Å². The third kappa shape index (κ3) is 4.19. The highest BCUT2D eigenvalue weighted by atomic mass is 35.5. The number of rotatable bonds is 5. The Morgan fingerprint density at radius 1 is 1.10 bits per heavy atom. The van der Waals surface area contributed by atoms with Gasteiger partial charge < -0.3 is 20.0 Å². The number of aromatic nitrogens is 2. The van der Waals surface area contributed by atoms with Gasteiger partial charge in [0.25, 0.3) is 0 Å². The van der Waals surface area contributed by atoms with Crippen molar-refractivity contribution < 1.29 is 9.21 Å². The third-order valence-electron chi connectivity index (χ3n) is 4.65. The zero-order chi connectivity index (χ0) is 20.2. The largest absolute Gasteiger partial charge is 0.459 e. The average molecular weight is 414 g/mol. The first kappa shape index (κ1) is 18.9. The van der Waals surface area contributed by atoms with Crippen LogP contribution in [0.3, 0.4) is 0 Å². The summed E-state index contributed by atoms with van der Waals surface area (Å²) in [7, 11) is 0. The molecule has 9 nitrogen and oxygen atoms in total. The van der Waals surface area contributed by atoms with Crippen LogP contribution in [0.15, 0.2) is 53.4 Å². The molecule has 1 amide bonds. The van der Waals surface area contributed by atoms with Gasteiger partial charge in [-0.15, -0.1) is 0 Å². The summed E-state index contributed by atoms with van der Waals surface area (Å²) in [6.07, 6.45) is 2.84. The maximum absolute atomic E-state index is 12.0. The molecule has 150 valence electrons. The number of nitrogens with one attached hydrogen (secondary N) is 2. The van der Waals surface area contributed by atoms with Crippen LogP contribution in [0.1, 0.15) is 10.6 Å². The molecular formula is C19H20ClN7O2. The van der Waals surface area contributed by atoms with Crippen molar-refractivity contribution >= 4 is 40.5 Å². The summed E-state index contributed by atoms with van der Waals surface area (Å²) in [6, 6.07) is 11.0. The molecule has 1 aliphatic rings. The van der Waals surface area contributed by atoms with E-state index in [1.807, 2.05) is 24.3 Å². The van der Waals surface area contributed by atoms with Crippen molar-refractivity contribution in [2.75, 3.05) is 47.1 Å². The summed E-state index contributed by atoms with van der Waals surface area (Å²) in [6.45, 7) is 3.10. The highest BCUT2D eigenvalue weighted by Crippen LogP contribution is 2.28. The number of nitrogen functional groups attached to an aromatic ring is 1. The van der Waals surface area contributed by atoms with E-state index < -0.39 is 5.91 Å². The summed E-state index contributed by atoms with van der Waals surface area (Å²) in [5.74, 6) is 0.708. The second-order valence-corrected chi connectivity index (χ2v) is 6.91. The van der Waals surface area contributed by atoms with Crippen LogP contribution in [-0.4, -0.2) is 42.1 Å². The molecule has 0 spiro atoms. The van der Waals surface area contributed by atoms with E-state index in [4.69, 9.17) is 21.8 Å². The number of benzene rings is 1. The van der Waals surface area contributed by atoms with Crippen molar-refractivity contribution in [3.8, 4) is 0 Å². The summed E-state index contributed by atoms with van der Waals surface area (Å²) < 4.78 is 5.05. The van der Waals surface area contributed by atoms with Crippen LogP contribution in [-0.2, 0) is 0 Å². The maximum atomic E-state index is 12.0. The molecule has 1 aromatic carbocycles. The predicted molar refractivity (Wildman–Crippen MR) is 112 cm³/mol. The predicted octanol–water partition coefficient (Wildman–Crippen LogP) is 2.39. The number of amides is 1. The van der Waals surface area contributed by atoms with Crippen LogP contribution in [0.2, 0.25) is 5.02 Å².